The van der Waals surface area contributed by atoms with E-state index in [4.69, 9.17) is 25.8 Å². The summed E-state index contributed by atoms with van der Waals surface area (Å²) in [4.78, 5) is 47.2. The number of aromatic nitrogens is 4. The number of alkyl halides is 2. The van der Waals surface area contributed by atoms with Crippen LogP contribution in [0.25, 0.3) is 22.3 Å². The van der Waals surface area contributed by atoms with Crippen molar-refractivity contribution in [2.45, 2.75) is 78.1 Å². The number of carbonyl (C=O) groups is 2. The largest absolute Gasteiger partial charge is 0.456 e. The number of carbonyl (C=O) groups excluding carboxylic acids is 2. The monoisotopic (exact) mass is 686 g/mol. The Morgan fingerprint density at radius 2 is 1.71 bits per heavy atom. The number of imide groups is 1. The Morgan fingerprint density at radius 3 is 2.29 bits per heavy atom. The van der Waals surface area contributed by atoms with Gasteiger partial charge in [0.05, 0.1) is 28.5 Å². The lowest BCUT2D eigenvalue weighted by Gasteiger charge is -2.34. The Kier molecular flexibility index (Phi) is 9.03. The molecule has 0 unspecified atom stereocenters. The molecule has 254 valence electrons. The van der Waals surface area contributed by atoms with Gasteiger partial charge in [-0.2, -0.15) is 10.00 Å². The van der Waals surface area contributed by atoms with Crippen LogP contribution in [0.4, 0.5) is 29.7 Å². The van der Waals surface area contributed by atoms with Crippen molar-refractivity contribution in [2.75, 3.05) is 4.90 Å². The van der Waals surface area contributed by atoms with Crippen molar-refractivity contribution in [3.05, 3.63) is 64.1 Å². The van der Waals surface area contributed by atoms with Crippen LogP contribution in [-0.4, -0.2) is 54.0 Å². The Bertz CT molecular complexity index is 1870. The van der Waals surface area contributed by atoms with E-state index in [-0.39, 0.29) is 40.8 Å². The molecule has 0 N–H and O–H groups in total. The van der Waals surface area contributed by atoms with E-state index in [1.807, 2.05) is 0 Å². The lowest BCUT2D eigenvalue weighted by molar-refractivity contribution is -0.384. The van der Waals surface area contributed by atoms with Crippen LogP contribution in [0.1, 0.15) is 54.4 Å². The molecule has 1 aliphatic rings. The number of nitrogens with zero attached hydrogens (tertiary/aromatic N) is 6. The number of anilines is 1. The van der Waals surface area contributed by atoms with Crippen LogP contribution in [0, 0.1) is 16.0 Å². The maximum atomic E-state index is 13.3. The van der Waals surface area contributed by atoms with E-state index in [2.05, 4.69) is 15.1 Å². The van der Waals surface area contributed by atoms with E-state index in [1.165, 1.54) is 18.3 Å². The van der Waals surface area contributed by atoms with Gasteiger partial charge in [0.1, 0.15) is 38.9 Å². The average Bonchev–Trinajstić information content (AvgIpc) is 3.40. The van der Waals surface area contributed by atoms with Gasteiger partial charge in [-0.15, -0.1) is 0 Å². The summed E-state index contributed by atoms with van der Waals surface area (Å²) in [5, 5.41) is 16.3. The Hall–Kier alpha value is -4.92. The number of benzene rings is 2. The maximum absolute atomic E-state index is 13.3. The first-order valence-electron chi connectivity index (χ1n) is 14.9. The fourth-order valence-corrected chi connectivity index (χ4v) is 5.17. The van der Waals surface area contributed by atoms with Crippen LogP contribution >= 0.6 is 11.6 Å². The molecule has 2 amide bonds. The minimum Gasteiger partial charge on any atom is -0.456 e. The van der Waals surface area contributed by atoms with Crippen molar-refractivity contribution in [1.82, 2.24) is 19.7 Å². The molecule has 16 heteroatoms. The maximum Gasteiger partial charge on any atom is 0.424 e. The Balaban J connectivity index is 1.47. The van der Waals surface area contributed by atoms with E-state index in [1.54, 1.807) is 64.7 Å². The van der Waals surface area contributed by atoms with E-state index >= 15 is 0 Å². The van der Waals surface area contributed by atoms with Crippen LogP contribution in [-0.2, 0) is 16.0 Å². The molecule has 0 bridgehead atoms. The fourth-order valence-electron chi connectivity index (χ4n) is 4.93. The average molecular weight is 687 g/mol. The highest BCUT2D eigenvalue weighted by molar-refractivity contribution is 6.36. The molecular formula is C32H33ClF2N6O7. The summed E-state index contributed by atoms with van der Waals surface area (Å²) in [6.45, 7) is 9.81. The smallest absolute Gasteiger partial charge is 0.424 e. The number of nitro benzene ring substituents is 1. The number of ether oxygens (including phenoxy) is 3. The summed E-state index contributed by atoms with van der Waals surface area (Å²) in [7, 11) is 0. The van der Waals surface area contributed by atoms with Gasteiger partial charge >= 0.3 is 12.2 Å². The Morgan fingerprint density at radius 1 is 1.06 bits per heavy atom. The van der Waals surface area contributed by atoms with Crippen LogP contribution < -0.4 is 9.64 Å². The van der Waals surface area contributed by atoms with Gasteiger partial charge in [-0.25, -0.2) is 23.4 Å². The van der Waals surface area contributed by atoms with Gasteiger partial charge in [0.25, 0.3) is 5.69 Å². The standard InChI is InChI=1S/C32H33ClF2N6O7/c1-30(2,3)47-28(42)40(29(43)48-31(4,5)6)24-11-20(7-9-23(24)41(44)45)46-25-10-8-21-27(26(25)33)38-22(15-36-21)19-14-37-39(17-19)16-18-12-32(34,35)13-18/h7-11,14-15,17-18H,12-13,16H2,1-6H3. The third kappa shape index (κ3) is 7.95. The van der Waals surface area contributed by atoms with Crippen molar-refractivity contribution in [1.29, 1.82) is 0 Å². The summed E-state index contributed by atoms with van der Waals surface area (Å²) in [6.07, 6.45) is 2.04. The van der Waals surface area contributed by atoms with Gasteiger partial charge in [0.15, 0.2) is 0 Å². The summed E-state index contributed by atoms with van der Waals surface area (Å²) < 4.78 is 44.9. The van der Waals surface area contributed by atoms with Crippen LogP contribution in [0.2, 0.25) is 5.02 Å². The van der Waals surface area contributed by atoms with Crippen LogP contribution in [0.15, 0.2) is 48.9 Å². The number of hydrogen-bond donors (Lipinski definition) is 0. The molecule has 2 heterocycles. The third-order valence-corrected chi connectivity index (χ3v) is 7.30. The first-order valence-corrected chi connectivity index (χ1v) is 15.2. The second-order valence-electron chi connectivity index (χ2n) is 13.4. The quantitative estimate of drug-likeness (QED) is 0.136. The van der Waals surface area contributed by atoms with Gasteiger partial charge in [-0.3, -0.25) is 19.8 Å². The number of amides is 2. The number of halogens is 3. The van der Waals surface area contributed by atoms with E-state index < -0.39 is 45.6 Å². The first kappa shape index (κ1) is 34.4. The Labute approximate surface area is 278 Å². The van der Waals surface area contributed by atoms with Gasteiger partial charge < -0.3 is 14.2 Å². The fraction of sp³-hybridized carbons (Fsp3) is 0.406. The molecule has 0 aliphatic heterocycles. The number of hydrogen-bond acceptors (Lipinski definition) is 10. The summed E-state index contributed by atoms with van der Waals surface area (Å²) >= 11 is 6.72. The topological polar surface area (TPSA) is 152 Å². The second-order valence-corrected chi connectivity index (χ2v) is 13.8. The summed E-state index contributed by atoms with van der Waals surface area (Å²) in [5.41, 5.74) is -1.42. The molecule has 5 rings (SSSR count). The molecule has 4 aromatic rings. The van der Waals surface area contributed by atoms with E-state index in [0.29, 0.717) is 28.2 Å². The van der Waals surface area contributed by atoms with Gasteiger partial charge in [0.2, 0.25) is 5.92 Å². The normalized spacial score (nSPS) is 14.7. The van der Waals surface area contributed by atoms with Gasteiger partial charge in [0, 0.05) is 43.3 Å². The molecule has 0 atom stereocenters. The molecule has 2 aromatic carbocycles. The number of fused-ring (bicyclic) bond motifs is 1. The zero-order valence-corrected chi connectivity index (χ0v) is 27.7. The highest BCUT2D eigenvalue weighted by Gasteiger charge is 2.45. The van der Waals surface area contributed by atoms with Crippen LogP contribution in [0.3, 0.4) is 0 Å². The highest BCUT2D eigenvalue weighted by Crippen LogP contribution is 2.43. The molecule has 2 aromatic heterocycles. The first-order chi connectivity index (χ1) is 22.3. The van der Waals surface area contributed by atoms with Gasteiger partial charge in [-0.05, 0) is 65.7 Å². The van der Waals surface area contributed by atoms with E-state index in [0.717, 1.165) is 12.1 Å². The molecular weight excluding hydrogens is 654 g/mol. The predicted molar refractivity (Wildman–Crippen MR) is 172 cm³/mol. The van der Waals surface area contributed by atoms with Crippen molar-refractivity contribution in [2.24, 2.45) is 5.92 Å². The van der Waals surface area contributed by atoms with Crippen molar-refractivity contribution >= 4 is 46.2 Å². The molecule has 48 heavy (non-hydrogen) atoms. The second kappa shape index (κ2) is 12.6. The summed E-state index contributed by atoms with van der Waals surface area (Å²) in [5.74, 6) is -2.70. The van der Waals surface area contributed by atoms with Crippen molar-refractivity contribution in [3.63, 3.8) is 0 Å². The third-order valence-electron chi connectivity index (χ3n) is 6.93. The van der Waals surface area contributed by atoms with Crippen molar-refractivity contribution in [3.8, 4) is 22.8 Å². The summed E-state index contributed by atoms with van der Waals surface area (Å²) in [6, 6.07) is 6.60. The molecule has 0 spiro atoms. The highest BCUT2D eigenvalue weighted by atomic mass is 35.5. The zero-order chi connectivity index (χ0) is 35.2. The molecule has 1 fully saturated rings. The van der Waals surface area contributed by atoms with Gasteiger partial charge in [-0.1, -0.05) is 11.6 Å². The number of nitro groups is 1. The predicted octanol–water partition coefficient (Wildman–Crippen LogP) is 8.57. The molecule has 0 radical (unpaired) electrons. The lowest BCUT2D eigenvalue weighted by Crippen LogP contribution is -2.44. The molecule has 1 saturated carbocycles. The lowest BCUT2D eigenvalue weighted by atomic mass is 9.81. The molecule has 1 aliphatic carbocycles. The molecule has 13 nitrogen and oxygen atoms in total. The van der Waals surface area contributed by atoms with E-state index in [9.17, 15) is 28.5 Å². The minimum absolute atomic E-state index is 0.0130. The van der Waals surface area contributed by atoms with Crippen LogP contribution in [0.5, 0.6) is 11.5 Å². The van der Waals surface area contributed by atoms with Crippen molar-refractivity contribution < 1.29 is 37.5 Å². The SMILES string of the molecule is CC(C)(C)OC(=O)N(C(=O)OC(C)(C)C)c1cc(Oc2ccc3ncc(-c4cnn(CC5CC(F)(F)C5)c4)nc3c2Cl)ccc1[N+](=O)[O-]. The zero-order valence-electron chi connectivity index (χ0n) is 27.0. The molecule has 0 saturated heterocycles. The minimum atomic E-state index is -2.62. The number of rotatable bonds is 7.